The van der Waals surface area contributed by atoms with Crippen LogP contribution in [0, 0.1) is 13.8 Å². The first-order chi connectivity index (χ1) is 12.9. The highest BCUT2D eigenvalue weighted by Crippen LogP contribution is 2.23. The fourth-order valence-corrected chi connectivity index (χ4v) is 3.19. The van der Waals surface area contributed by atoms with Gasteiger partial charge in [0.1, 0.15) is 0 Å². The van der Waals surface area contributed by atoms with Crippen LogP contribution < -0.4 is 4.90 Å². The second-order valence-corrected chi connectivity index (χ2v) is 6.90. The van der Waals surface area contributed by atoms with E-state index in [-0.39, 0.29) is 18.6 Å². The molecule has 3 aromatic rings. The van der Waals surface area contributed by atoms with Gasteiger partial charge in [0.2, 0.25) is 0 Å². The van der Waals surface area contributed by atoms with Crippen LogP contribution in [-0.4, -0.2) is 29.5 Å². The Morgan fingerprint density at radius 3 is 2.44 bits per heavy atom. The second-order valence-electron chi connectivity index (χ2n) is 6.90. The molecule has 0 aliphatic rings. The zero-order valence-corrected chi connectivity index (χ0v) is 16.1. The van der Waals surface area contributed by atoms with Gasteiger partial charge in [0.15, 0.2) is 6.61 Å². The van der Waals surface area contributed by atoms with Gasteiger partial charge in [0.25, 0.3) is 5.91 Å². The van der Waals surface area contributed by atoms with Gasteiger partial charge in [-0.25, -0.2) is 4.79 Å². The van der Waals surface area contributed by atoms with E-state index in [0.29, 0.717) is 5.56 Å². The summed E-state index contributed by atoms with van der Waals surface area (Å²) in [6.07, 6.45) is 0. The summed E-state index contributed by atoms with van der Waals surface area (Å²) in [5, 5.41) is 0.987. The molecule has 1 N–H and O–H groups in total. The monoisotopic (exact) mass is 364 g/mol. The van der Waals surface area contributed by atoms with Gasteiger partial charge in [0, 0.05) is 28.3 Å². The number of carbonyl (C=O) groups excluding carboxylic acids is 2. The van der Waals surface area contributed by atoms with Crippen LogP contribution in [0.5, 0.6) is 0 Å². The first-order valence-electron chi connectivity index (χ1n) is 9.01. The molecule has 0 saturated heterocycles. The lowest BCUT2D eigenvalue weighted by atomic mass is 10.1. The molecule has 27 heavy (non-hydrogen) atoms. The van der Waals surface area contributed by atoms with Crippen molar-refractivity contribution in [3.63, 3.8) is 0 Å². The van der Waals surface area contributed by atoms with Gasteiger partial charge in [-0.3, -0.25) is 4.79 Å². The third kappa shape index (κ3) is 3.87. The van der Waals surface area contributed by atoms with Crippen molar-refractivity contribution in [1.29, 1.82) is 0 Å². The van der Waals surface area contributed by atoms with E-state index >= 15 is 0 Å². The lowest BCUT2D eigenvalue weighted by Gasteiger charge is -2.26. The number of hydrogen-bond acceptors (Lipinski definition) is 3. The molecule has 5 nitrogen and oxygen atoms in total. The van der Waals surface area contributed by atoms with Crippen molar-refractivity contribution >= 4 is 28.5 Å². The maximum Gasteiger partial charge on any atom is 0.338 e. The van der Waals surface area contributed by atoms with E-state index in [1.165, 1.54) is 0 Å². The standard InChI is InChI=1S/C22H24N2O3/c1-14(2)24(18-8-6-5-7-9-18)21(25)13-27-22(26)17-10-11-20-19(12-17)15(3)16(4)23-20/h5-12,14,23H,13H2,1-4H3. The number of nitrogens with one attached hydrogen (secondary N) is 1. The minimum absolute atomic E-state index is 0.0413. The highest BCUT2D eigenvalue weighted by molar-refractivity contribution is 5.99. The molecule has 0 fully saturated rings. The summed E-state index contributed by atoms with van der Waals surface area (Å²) >= 11 is 0. The number of H-pyrrole nitrogens is 1. The van der Waals surface area contributed by atoms with Crippen molar-refractivity contribution in [3.8, 4) is 0 Å². The van der Waals surface area contributed by atoms with Crippen molar-refractivity contribution in [2.24, 2.45) is 0 Å². The number of hydrogen-bond donors (Lipinski definition) is 1. The molecule has 0 bridgehead atoms. The molecule has 0 radical (unpaired) electrons. The maximum atomic E-state index is 12.6. The largest absolute Gasteiger partial charge is 0.452 e. The fourth-order valence-electron chi connectivity index (χ4n) is 3.19. The Bertz CT molecular complexity index is 974. The van der Waals surface area contributed by atoms with Crippen molar-refractivity contribution < 1.29 is 14.3 Å². The molecule has 2 aromatic carbocycles. The van der Waals surface area contributed by atoms with Crippen LogP contribution in [0.4, 0.5) is 5.69 Å². The molecule has 3 rings (SSSR count). The Balaban J connectivity index is 1.72. The minimum Gasteiger partial charge on any atom is -0.452 e. The Morgan fingerprint density at radius 1 is 1.07 bits per heavy atom. The van der Waals surface area contributed by atoms with Gasteiger partial charge in [0.05, 0.1) is 5.56 Å². The van der Waals surface area contributed by atoms with E-state index in [2.05, 4.69) is 4.98 Å². The van der Waals surface area contributed by atoms with Gasteiger partial charge in [-0.1, -0.05) is 18.2 Å². The summed E-state index contributed by atoms with van der Waals surface area (Å²) in [4.78, 5) is 30.0. The molecule has 0 aliphatic heterocycles. The van der Waals surface area contributed by atoms with Crippen molar-refractivity contribution in [2.45, 2.75) is 33.7 Å². The van der Waals surface area contributed by atoms with E-state index in [1.807, 2.05) is 64.1 Å². The number of ether oxygens (including phenoxy) is 1. The number of amides is 1. The molecule has 0 spiro atoms. The van der Waals surface area contributed by atoms with E-state index in [4.69, 9.17) is 4.74 Å². The number of nitrogens with zero attached hydrogens (tertiary/aromatic N) is 1. The molecule has 1 amide bonds. The van der Waals surface area contributed by atoms with Crippen molar-refractivity contribution in [3.05, 3.63) is 65.4 Å². The molecular weight excluding hydrogens is 340 g/mol. The van der Waals surface area contributed by atoms with Crippen LogP contribution in [0.15, 0.2) is 48.5 Å². The van der Waals surface area contributed by atoms with Crippen LogP contribution in [0.25, 0.3) is 10.9 Å². The molecule has 0 saturated carbocycles. The summed E-state index contributed by atoms with van der Waals surface area (Å²) in [6.45, 7) is 7.56. The highest BCUT2D eigenvalue weighted by atomic mass is 16.5. The SMILES string of the molecule is Cc1[nH]c2ccc(C(=O)OCC(=O)N(c3ccccc3)C(C)C)cc2c1C. The zero-order valence-electron chi connectivity index (χ0n) is 16.1. The molecule has 5 heteroatoms. The second kappa shape index (κ2) is 7.66. The molecular formula is C22H24N2O3. The first kappa shape index (κ1) is 18.7. The number of anilines is 1. The average molecular weight is 364 g/mol. The number of fused-ring (bicyclic) bond motifs is 1. The average Bonchev–Trinajstić information content (AvgIpc) is 2.94. The maximum absolute atomic E-state index is 12.6. The van der Waals surface area contributed by atoms with Gasteiger partial charge in [-0.05, 0) is 63.6 Å². The Morgan fingerprint density at radius 2 is 1.78 bits per heavy atom. The Hall–Kier alpha value is -3.08. The van der Waals surface area contributed by atoms with Crippen LogP contribution in [0.1, 0.15) is 35.5 Å². The van der Waals surface area contributed by atoms with Crippen LogP contribution in [-0.2, 0) is 9.53 Å². The third-order valence-corrected chi connectivity index (χ3v) is 4.69. The smallest absolute Gasteiger partial charge is 0.338 e. The predicted molar refractivity (Wildman–Crippen MR) is 107 cm³/mol. The minimum atomic E-state index is -0.500. The fraction of sp³-hybridized carbons (Fsp3) is 0.273. The van der Waals surface area contributed by atoms with Crippen LogP contribution in [0.2, 0.25) is 0 Å². The van der Waals surface area contributed by atoms with Gasteiger partial charge >= 0.3 is 5.97 Å². The van der Waals surface area contributed by atoms with Gasteiger partial charge in [-0.15, -0.1) is 0 Å². The Kier molecular flexibility index (Phi) is 5.31. The third-order valence-electron chi connectivity index (χ3n) is 4.69. The number of aromatic amines is 1. The lowest BCUT2D eigenvalue weighted by Crippen LogP contribution is -2.39. The van der Waals surface area contributed by atoms with Gasteiger partial charge < -0.3 is 14.6 Å². The molecule has 0 atom stereocenters. The molecule has 1 aromatic heterocycles. The molecule has 0 unspecified atom stereocenters. The summed E-state index contributed by atoms with van der Waals surface area (Å²) in [5.74, 6) is -0.750. The normalized spacial score (nSPS) is 11.0. The van der Waals surface area contributed by atoms with Crippen molar-refractivity contribution in [1.82, 2.24) is 4.98 Å². The number of benzene rings is 2. The quantitative estimate of drug-likeness (QED) is 0.683. The topological polar surface area (TPSA) is 62.4 Å². The number of para-hydroxylation sites is 1. The highest BCUT2D eigenvalue weighted by Gasteiger charge is 2.21. The van der Waals surface area contributed by atoms with E-state index in [9.17, 15) is 9.59 Å². The molecule has 140 valence electrons. The summed E-state index contributed by atoms with van der Waals surface area (Å²) in [6, 6.07) is 14.7. The van der Waals surface area contributed by atoms with Crippen molar-refractivity contribution in [2.75, 3.05) is 11.5 Å². The summed E-state index contributed by atoms with van der Waals surface area (Å²) in [7, 11) is 0. The van der Waals surface area contributed by atoms with E-state index in [0.717, 1.165) is 27.8 Å². The van der Waals surface area contributed by atoms with E-state index < -0.39 is 5.97 Å². The van der Waals surface area contributed by atoms with E-state index in [1.54, 1.807) is 17.0 Å². The number of esters is 1. The summed E-state index contributed by atoms with van der Waals surface area (Å²) < 4.78 is 5.30. The molecule has 1 heterocycles. The van der Waals surface area contributed by atoms with Gasteiger partial charge in [-0.2, -0.15) is 0 Å². The number of aryl methyl sites for hydroxylation is 2. The lowest BCUT2D eigenvalue weighted by molar-refractivity contribution is -0.122. The number of carbonyl (C=O) groups is 2. The van der Waals surface area contributed by atoms with Crippen LogP contribution in [0.3, 0.4) is 0 Å². The summed E-state index contributed by atoms with van der Waals surface area (Å²) in [5.41, 5.74) is 4.38. The zero-order chi connectivity index (χ0) is 19.6. The number of aromatic nitrogens is 1. The molecule has 0 aliphatic carbocycles. The number of rotatable bonds is 5. The predicted octanol–water partition coefficient (Wildman–Crippen LogP) is 4.38. The Labute approximate surface area is 158 Å². The first-order valence-corrected chi connectivity index (χ1v) is 9.01. The van der Waals surface area contributed by atoms with Crippen LogP contribution >= 0.6 is 0 Å².